The van der Waals surface area contributed by atoms with E-state index >= 15 is 0 Å². The molecule has 0 aromatic heterocycles. The first kappa shape index (κ1) is 21.7. The number of nitrogens with zero attached hydrogens (tertiary/aromatic N) is 1. The van der Waals surface area contributed by atoms with Gasteiger partial charge in [-0.1, -0.05) is 48.5 Å². The standard InChI is InChI=1S/C30H27NO4/c1-33-29(32)15-19-17-34-28-16-20(9-10-21(19)28)35-27-12-11-23-22(6-4-7-25(23)27)24-5-2-3-8-26(24)30(18-31)13-14-30/h2-10,16,19,27H,11-15,17H2,1H3/t19-,27-/m1/s1. The minimum Gasteiger partial charge on any atom is -0.492 e. The van der Waals surface area contributed by atoms with Crippen LogP contribution in [0.15, 0.2) is 60.7 Å². The van der Waals surface area contributed by atoms with E-state index in [2.05, 4.69) is 42.5 Å². The molecule has 1 saturated carbocycles. The van der Waals surface area contributed by atoms with Crippen molar-refractivity contribution in [2.24, 2.45) is 0 Å². The average Bonchev–Trinajstić information content (AvgIpc) is 3.45. The SMILES string of the molecule is COC(=O)C[C@@H]1COc2cc(O[C@@H]3CCc4c(-c5ccccc5C5(C#N)CC5)cccc43)ccc21. The summed E-state index contributed by atoms with van der Waals surface area (Å²) in [5.41, 5.74) is 6.76. The van der Waals surface area contributed by atoms with E-state index in [-0.39, 0.29) is 23.4 Å². The fourth-order valence-electron chi connectivity index (χ4n) is 5.64. The number of esters is 1. The highest BCUT2D eigenvalue weighted by molar-refractivity contribution is 5.75. The van der Waals surface area contributed by atoms with Crippen LogP contribution < -0.4 is 9.47 Å². The summed E-state index contributed by atoms with van der Waals surface area (Å²) >= 11 is 0. The molecule has 176 valence electrons. The van der Waals surface area contributed by atoms with Crippen molar-refractivity contribution in [3.05, 3.63) is 82.9 Å². The Labute approximate surface area is 205 Å². The molecule has 2 atom stereocenters. The molecule has 5 nitrogen and oxygen atoms in total. The molecule has 1 fully saturated rings. The Morgan fingerprint density at radius 3 is 2.71 bits per heavy atom. The molecular formula is C30H27NO4. The number of benzene rings is 3. The maximum atomic E-state index is 11.7. The lowest BCUT2D eigenvalue weighted by Crippen LogP contribution is -2.09. The predicted octanol–water partition coefficient (Wildman–Crippen LogP) is 6.01. The van der Waals surface area contributed by atoms with Crippen molar-refractivity contribution in [1.29, 1.82) is 5.26 Å². The summed E-state index contributed by atoms with van der Waals surface area (Å²) in [7, 11) is 1.41. The van der Waals surface area contributed by atoms with Crippen molar-refractivity contribution in [3.63, 3.8) is 0 Å². The van der Waals surface area contributed by atoms with E-state index in [4.69, 9.17) is 14.2 Å². The van der Waals surface area contributed by atoms with E-state index in [0.717, 1.165) is 48.3 Å². The Morgan fingerprint density at radius 1 is 1.09 bits per heavy atom. The zero-order chi connectivity index (χ0) is 24.0. The fourth-order valence-corrected chi connectivity index (χ4v) is 5.64. The first-order valence-corrected chi connectivity index (χ1v) is 12.2. The number of rotatable bonds is 6. The summed E-state index contributed by atoms with van der Waals surface area (Å²) in [6.45, 7) is 0.479. The molecule has 2 aliphatic carbocycles. The van der Waals surface area contributed by atoms with Gasteiger partial charge in [0.05, 0.1) is 31.6 Å². The van der Waals surface area contributed by atoms with Crippen LogP contribution in [0.5, 0.6) is 11.5 Å². The predicted molar refractivity (Wildman–Crippen MR) is 131 cm³/mol. The van der Waals surface area contributed by atoms with Gasteiger partial charge in [0.1, 0.15) is 17.6 Å². The average molecular weight is 466 g/mol. The number of carbonyl (C=O) groups excluding carboxylic acids is 1. The van der Waals surface area contributed by atoms with Crippen molar-refractivity contribution in [1.82, 2.24) is 0 Å². The van der Waals surface area contributed by atoms with Gasteiger partial charge in [-0.15, -0.1) is 0 Å². The molecule has 5 heteroatoms. The molecule has 1 heterocycles. The smallest absolute Gasteiger partial charge is 0.306 e. The summed E-state index contributed by atoms with van der Waals surface area (Å²) < 4.78 is 17.1. The van der Waals surface area contributed by atoms with Gasteiger partial charge >= 0.3 is 5.97 Å². The van der Waals surface area contributed by atoms with Crippen molar-refractivity contribution in [3.8, 4) is 28.7 Å². The number of nitriles is 1. The first-order valence-electron chi connectivity index (χ1n) is 12.2. The number of methoxy groups -OCH3 is 1. The third kappa shape index (κ3) is 3.74. The van der Waals surface area contributed by atoms with E-state index in [1.54, 1.807) is 0 Å². The number of fused-ring (bicyclic) bond motifs is 2. The van der Waals surface area contributed by atoms with Gasteiger partial charge < -0.3 is 14.2 Å². The lowest BCUT2D eigenvalue weighted by Gasteiger charge is -2.18. The molecule has 0 radical (unpaired) electrons. The van der Waals surface area contributed by atoms with Crippen molar-refractivity contribution in [2.45, 2.75) is 49.5 Å². The van der Waals surface area contributed by atoms with E-state index < -0.39 is 0 Å². The Morgan fingerprint density at radius 2 is 1.91 bits per heavy atom. The molecular weight excluding hydrogens is 438 g/mol. The van der Waals surface area contributed by atoms with Gasteiger partial charge in [0.15, 0.2) is 0 Å². The summed E-state index contributed by atoms with van der Waals surface area (Å²) in [6.07, 6.45) is 3.99. The number of carbonyl (C=O) groups is 1. The van der Waals surface area contributed by atoms with Gasteiger partial charge in [0.2, 0.25) is 0 Å². The summed E-state index contributed by atoms with van der Waals surface area (Å²) in [5.74, 6) is 1.34. The lowest BCUT2D eigenvalue weighted by molar-refractivity contribution is -0.141. The molecule has 0 amide bonds. The number of ether oxygens (including phenoxy) is 3. The highest BCUT2D eigenvalue weighted by Crippen LogP contribution is 2.52. The lowest BCUT2D eigenvalue weighted by atomic mass is 9.86. The van der Waals surface area contributed by atoms with Gasteiger partial charge in [-0.25, -0.2) is 0 Å². The summed E-state index contributed by atoms with van der Waals surface area (Å²) in [4.78, 5) is 11.7. The number of hydrogen-bond acceptors (Lipinski definition) is 5. The Kier molecular flexibility index (Phi) is 5.25. The minimum absolute atomic E-state index is 0.0181. The summed E-state index contributed by atoms with van der Waals surface area (Å²) in [5, 5.41) is 9.82. The van der Waals surface area contributed by atoms with Gasteiger partial charge in [0, 0.05) is 17.5 Å². The second-order valence-corrected chi connectivity index (χ2v) is 9.75. The highest BCUT2D eigenvalue weighted by Gasteiger charge is 2.46. The zero-order valence-corrected chi connectivity index (χ0v) is 19.8. The van der Waals surface area contributed by atoms with Crippen LogP contribution in [0.4, 0.5) is 0 Å². The maximum Gasteiger partial charge on any atom is 0.306 e. The molecule has 0 bridgehead atoms. The van der Waals surface area contributed by atoms with Gasteiger partial charge in [-0.2, -0.15) is 5.26 Å². The molecule has 3 aromatic rings. The monoisotopic (exact) mass is 465 g/mol. The topological polar surface area (TPSA) is 68.6 Å². The van der Waals surface area contributed by atoms with E-state index in [1.165, 1.54) is 29.4 Å². The van der Waals surface area contributed by atoms with Crippen LogP contribution in [0.3, 0.4) is 0 Å². The largest absolute Gasteiger partial charge is 0.492 e. The molecule has 0 saturated heterocycles. The van der Waals surface area contributed by atoms with Gasteiger partial charge in [0.25, 0.3) is 0 Å². The molecule has 1 aliphatic heterocycles. The van der Waals surface area contributed by atoms with Crippen LogP contribution in [0.25, 0.3) is 11.1 Å². The van der Waals surface area contributed by atoms with Crippen molar-refractivity contribution in [2.75, 3.05) is 13.7 Å². The second kappa shape index (κ2) is 8.46. The van der Waals surface area contributed by atoms with Crippen LogP contribution in [-0.2, 0) is 21.4 Å². The molecule has 0 unspecified atom stereocenters. The fraction of sp³-hybridized carbons (Fsp3) is 0.333. The van der Waals surface area contributed by atoms with E-state index in [0.29, 0.717) is 13.0 Å². The molecule has 6 rings (SSSR count). The van der Waals surface area contributed by atoms with Crippen molar-refractivity contribution < 1.29 is 19.0 Å². The van der Waals surface area contributed by atoms with Crippen molar-refractivity contribution >= 4 is 5.97 Å². The van der Waals surface area contributed by atoms with Crippen LogP contribution in [0.1, 0.15) is 60.0 Å². The minimum atomic E-state index is -0.329. The zero-order valence-electron chi connectivity index (χ0n) is 19.8. The van der Waals surface area contributed by atoms with Gasteiger partial charge in [-0.3, -0.25) is 4.79 Å². The van der Waals surface area contributed by atoms with E-state index in [1.807, 2.05) is 24.3 Å². The number of hydrogen-bond donors (Lipinski definition) is 0. The van der Waals surface area contributed by atoms with Crippen LogP contribution in [-0.4, -0.2) is 19.7 Å². The quantitative estimate of drug-likeness (QED) is 0.417. The Hall–Kier alpha value is -3.78. The summed E-state index contributed by atoms with van der Waals surface area (Å²) in [6, 6.07) is 23.3. The van der Waals surface area contributed by atoms with Crippen LogP contribution in [0.2, 0.25) is 0 Å². The third-order valence-corrected chi connectivity index (χ3v) is 7.70. The maximum absolute atomic E-state index is 11.7. The third-order valence-electron chi connectivity index (χ3n) is 7.70. The van der Waals surface area contributed by atoms with Gasteiger partial charge in [-0.05, 0) is 59.6 Å². The molecule has 3 aromatic carbocycles. The first-order chi connectivity index (χ1) is 17.1. The van der Waals surface area contributed by atoms with Crippen LogP contribution >= 0.6 is 0 Å². The Bertz CT molecular complexity index is 1350. The molecule has 0 N–H and O–H groups in total. The highest BCUT2D eigenvalue weighted by atomic mass is 16.5. The molecule has 0 spiro atoms. The second-order valence-electron chi connectivity index (χ2n) is 9.75. The van der Waals surface area contributed by atoms with E-state index in [9.17, 15) is 10.1 Å². The normalized spacial score (nSPS) is 20.8. The molecule has 3 aliphatic rings. The Balaban J connectivity index is 1.27. The van der Waals surface area contributed by atoms with Crippen LogP contribution in [0, 0.1) is 11.3 Å². The molecule has 35 heavy (non-hydrogen) atoms.